The van der Waals surface area contributed by atoms with Crippen LogP contribution in [0.3, 0.4) is 0 Å². The molecule has 32 heavy (non-hydrogen) atoms. The molecule has 4 rings (SSSR count). The second-order valence-corrected chi connectivity index (χ2v) is 8.97. The van der Waals surface area contributed by atoms with Gasteiger partial charge < -0.3 is 14.2 Å². The summed E-state index contributed by atoms with van der Waals surface area (Å²) in [5.41, 5.74) is 1.29. The number of aromatic nitrogens is 1. The monoisotopic (exact) mass is 448 g/mol. The molecule has 172 valence electrons. The molecule has 3 nitrogen and oxygen atoms in total. The average Bonchev–Trinajstić information content (AvgIpc) is 3.14. The number of hydrogen-bond donors (Lipinski definition) is 0. The molecule has 1 atom stereocenters. The number of rotatable bonds is 5. The van der Waals surface area contributed by atoms with Gasteiger partial charge in [-0.1, -0.05) is 12.1 Å². The Morgan fingerprint density at radius 1 is 1.03 bits per heavy atom. The molecule has 0 amide bonds. The number of nitrogens with zero attached hydrogens (tertiary/aromatic N) is 2. The summed E-state index contributed by atoms with van der Waals surface area (Å²) in [4.78, 5) is 2.24. The summed E-state index contributed by atoms with van der Waals surface area (Å²) in [6, 6.07) is 10.6. The molecular weight excluding hydrogens is 420 g/mol. The molecule has 1 unspecified atom stereocenters. The van der Waals surface area contributed by atoms with Crippen molar-refractivity contribution in [1.29, 1.82) is 0 Å². The van der Waals surface area contributed by atoms with E-state index in [1.165, 1.54) is 24.3 Å². The molecule has 0 radical (unpaired) electrons. The van der Waals surface area contributed by atoms with E-state index >= 15 is 0 Å². The van der Waals surface area contributed by atoms with Gasteiger partial charge in [0.15, 0.2) is 0 Å². The minimum atomic E-state index is -4.43. The molecule has 2 heterocycles. The van der Waals surface area contributed by atoms with Crippen LogP contribution in [0.15, 0.2) is 48.7 Å². The van der Waals surface area contributed by atoms with Crippen LogP contribution in [-0.2, 0) is 23.4 Å². The fourth-order valence-corrected chi connectivity index (χ4v) is 4.70. The van der Waals surface area contributed by atoms with Crippen molar-refractivity contribution in [3.63, 3.8) is 0 Å². The maximum atomic E-state index is 13.5. The average molecular weight is 449 g/mol. The lowest BCUT2D eigenvalue weighted by Gasteiger charge is -2.41. The number of halogens is 4. The van der Waals surface area contributed by atoms with Gasteiger partial charge in [0, 0.05) is 29.6 Å². The van der Waals surface area contributed by atoms with Crippen molar-refractivity contribution < 1.29 is 22.3 Å². The Morgan fingerprint density at radius 2 is 1.69 bits per heavy atom. The van der Waals surface area contributed by atoms with Crippen LogP contribution in [0.25, 0.3) is 10.9 Å². The molecule has 1 aliphatic rings. The number of hydrogen-bond acceptors (Lipinski definition) is 2. The minimum absolute atomic E-state index is 0.291. The maximum absolute atomic E-state index is 13.5. The summed E-state index contributed by atoms with van der Waals surface area (Å²) in [6.45, 7) is 3.91. The van der Waals surface area contributed by atoms with Gasteiger partial charge in [0.2, 0.25) is 0 Å². The van der Waals surface area contributed by atoms with Crippen molar-refractivity contribution in [2.24, 2.45) is 7.05 Å². The summed E-state index contributed by atoms with van der Waals surface area (Å²) < 4.78 is 62.2. The number of alkyl halides is 3. The normalized spacial score (nSPS) is 18.2. The Hall–Kier alpha value is -2.38. The Labute approximate surface area is 185 Å². The highest BCUT2D eigenvalue weighted by atomic mass is 19.4. The quantitative estimate of drug-likeness (QED) is 0.441. The molecule has 2 aromatic carbocycles. The molecule has 1 aromatic heterocycles. The van der Waals surface area contributed by atoms with Crippen molar-refractivity contribution in [2.45, 2.75) is 37.5 Å². The van der Waals surface area contributed by atoms with Crippen LogP contribution < -0.4 is 0 Å². The Morgan fingerprint density at radius 3 is 2.31 bits per heavy atom. The van der Waals surface area contributed by atoms with E-state index in [2.05, 4.69) is 11.9 Å². The molecule has 7 heteroatoms. The minimum Gasteiger partial charge on any atom is -0.373 e. The maximum Gasteiger partial charge on any atom is 0.416 e. The van der Waals surface area contributed by atoms with Crippen LogP contribution in [0.2, 0.25) is 0 Å². The van der Waals surface area contributed by atoms with E-state index in [9.17, 15) is 17.6 Å². The Balaban J connectivity index is 1.65. The highest BCUT2D eigenvalue weighted by Gasteiger charge is 2.37. The van der Waals surface area contributed by atoms with Crippen LogP contribution in [0.1, 0.15) is 42.6 Å². The number of piperidine rings is 1. The van der Waals surface area contributed by atoms with Crippen molar-refractivity contribution in [1.82, 2.24) is 9.47 Å². The topological polar surface area (TPSA) is 17.4 Å². The number of benzene rings is 2. The zero-order valence-corrected chi connectivity index (χ0v) is 18.5. The summed E-state index contributed by atoms with van der Waals surface area (Å²) in [5, 5.41) is 0.542. The van der Waals surface area contributed by atoms with E-state index in [0.29, 0.717) is 17.6 Å². The van der Waals surface area contributed by atoms with E-state index in [0.717, 1.165) is 37.0 Å². The molecule has 0 bridgehead atoms. The van der Waals surface area contributed by atoms with E-state index in [1.54, 1.807) is 31.3 Å². The van der Waals surface area contributed by atoms with Crippen LogP contribution in [0.5, 0.6) is 0 Å². The number of fused-ring (bicyclic) bond motifs is 1. The number of aryl methyl sites for hydroxylation is 1. The zero-order chi connectivity index (χ0) is 23.1. The van der Waals surface area contributed by atoms with Crippen molar-refractivity contribution in [3.8, 4) is 0 Å². The number of likely N-dealkylation sites (tertiary alicyclic amines) is 1. The summed E-state index contributed by atoms with van der Waals surface area (Å²) in [5.74, 6) is -0.291. The molecule has 1 saturated heterocycles. The highest BCUT2D eigenvalue weighted by Crippen LogP contribution is 2.39. The molecule has 1 fully saturated rings. The smallest absolute Gasteiger partial charge is 0.373 e. The third-order valence-corrected chi connectivity index (χ3v) is 6.77. The molecule has 3 aromatic rings. The SMILES string of the molecule is CC(OCC1(c2ccc(F)cc2)CCN(C)CC1)c1cc(C(F)(F)F)cc2ccn(C)c12. The number of ether oxygens (including phenoxy) is 1. The molecule has 0 N–H and O–H groups in total. The second-order valence-electron chi connectivity index (χ2n) is 8.97. The van der Waals surface area contributed by atoms with Crippen LogP contribution in [0.4, 0.5) is 17.6 Å². The van der Waals surface area contributed by atoms with Gasteiger partial charge >= 0.3 is 6.18 Å². The predicted molar refractivity (Wildman–Crippen MR) is 117 cm³/mol. The fraction of sp³-hybridized carbons (Fsp3) is 0.440. The third kappa shape index (κ3) is 4.41. The van der Waals surface area contributed by atoms with Gasteiger partial charge in [-0.25, -0.2) is 4.39 Å². The molecular formula is C25H28F4N2O. The predicted octanol–water partition coefficient (Wildman–Crippen LogP) is 6.08. The molecule has 0 aliphatic carbocycles. The Kier molecular flexibility index (Phi) is 6.07. The van der Waals surface area contributed by atoms with Gasteiger partial charge in [-0.15, -0.1) is 0 Å². The van der Waals surface area contributed by atoms with Gasteiger partial charge in [-0.05, 0) is 75.8 Å². The molecule has 0 spiro atoms. The fourth-order valence-electron chi connectivity index (χ4n) is 4.70. The lowest BCUT2D eigenvalue weighted by Crippen LogP contribution is -2.44. The summed E-state index contributed by atoms with van der Waals surface area (Å²) in [7, 11) is 3.88. The van der Waals surface area contributed by atoms with Crippen LogP contribution in [-0.4, -0.2) is 36.2 Å². The lowest BCUT2D eigenvalue weighted by atomic mass is 9.73. The van der Waals surface area contributed by atoms with E-state index in [4.69, 9.17) is 4.74 Å². The van der Waals surface area contributed by atoms with E-state index < -0.39 is 17.8 Å². The van der Waals surface area contributed by atoms with Gasteiger partial charge in [0.1, 0.15) is 5.82 Å². The van der Waals surface area contributed by atoms with Gasteiger partial charge in [0.25, 0.3) is 0 Å². The van der Waals surface area contributed by atoms with Crippen molar-refractivity contribution in [3.05, 3.63) is 71.2 Å². The van der Waals surface area contributed by atoms with Crippen molar-refractivity contribution >= 4 is 10.9 Å². The van der Waals surface area contributed by atoms with Crippen LogP contribution >= 0.6 is 0 Å². The van der Waals surface area contributed by atoms with E-state index in [1.807, 2.05) is 11.6 Å². The van der Waals surface area contributed by atoms with Crippen LogP contribution in [0, 0.1) is 5.82 Å². The molecule has 0 saturated carbocycles. The van der Waals surface area contributed by atoms with Gasteiger partial charge in [0.05, 0.1) is 23.8 Å². The summed E-state index contributed by atoms with van der Waals surface area (Å²) in [6.07, 6.45) is -1.53. The first kappa shape index (κ1) is 22.8. The highest BCUT2D eigenvalue weighted by molar-refractivity contribution is 5.84. The lowest BCUT2D eigenvalue weighted by molar-refractivity contribution is -0.137. The molecule has 1 aliphatic heterocycles. The second kappa shape index (κ2) is 8.52. The van der Waals surface area contributed by atoms with Gasteiger partial charge in [-0.3, -0.25) is 0 Å². The van der Waals surface area contributed by atoms with E-state index in [-0.39, 0.29) is 11.2 Å². The standard InChI is InChI=1S/C25H28F4N2O/c1-17(22-15-20(25(27,28)29)14-18-8-11-31(3)23(18)22)32-16-24(9-12-30(2)13-10-24)19-4-6-21(26)7-5-19/h4-8,11,14-15,17H,9-10,12-13,16H2,1-3H3. The first-order valence-electron chi connectivity index (χ1n) is 10.8. The first-order valence-corrected chi connectivity index (χ1v) is 10.8. The summed E-state index contributed by atoms with van der Waals surface area (Å²) >= 11 is 0. The largest absolute Gasteiger partial charge is 0.416 e. The van der Waals surface area contributed by atoms with Crippen molar-refractivity contribution in [2.75, 3.05) is 26.7 Å². The first-order chi connectivity index (χ1) is 15.1. The van der Waals surface area contributed by atoms with Gasteiger partial charge in [-0.2, -0.15) is 13.2 Å². The Bertz CT molecular complexity index is 1080. The zero-order valence-electron chi connectivity index (χ0n) is 18.5. The third-order valence-electron chi connectivity index (χ3n) is 6.77.